The summed E-state index contributed by atoms with van der Waals surface area (Å²) in [6, 6.07) is 17.8. The number of halogens is 4. The van der Waals surface area contributed by atoms with Crippen LogP contribution in [0.3, 0.4) is 0 Å². The summed E-state index contributed by atoms with van der Waals surface area (Å²) in [6.45, 7) is 8.37. The average Bonchev–Trinajstić information content (AvgIpc) is 3.04. The molecule has 0 N–H and O–H groups in total. The quantitative estimate of drug-likeness (QED) is 0.271. The molecule has 0 spiro atoms. The van der Waals surface area contributed by atoms with Gasteiger partial charge < -0.3 is 8.94 Å². The van der Waals surface area contributed by atoms with Gasteiger partial charge in [-0.1, -0.05) is 48.8 Å². The van der Waals surface area contributed by atoms with Crippen LogP contribution in [0.1, 0.15) is 26.5 Å². The van der Waals surface area contributed by atoms with E-state index in [9.17, 15) is 0 Å². The topological polar surface area (TPSA) is 34.7 Å². The summed E-state index contributed by atoms with van der Waals surface area (Å²) >= 11 is 10.8. The first-order chi connectivity index (χ1) is 13.1. The van der Waals surface area contributed by atoms with E-state index in [1.807, 2.05) is 61.5 Å². The maximum absolute atomic E-state index is 6.77. The Kier molecular flexibility index (Phi) is 8.31. The van der Waals surface area contributed by atoms with Gasteiger partial charge in [0.1, 0.15) is 11.5 Å². The number of benzene rings is 2. The molecule has 3 rings (SSSR count). The molecule has 3 aromatic rings. The molecule has 1 unspecified atom stereocenters. The molecule has 0 amide bonds. The lowest BCUT2D eigenvalue weighted by Gasteiger charge is -2.35. The van der Waals surface area contributed by atoms with Crippen LogP contribution in [0.2, 0.25) is 0 Å². The van der Waals surface area contributed by atoms with Crippen LogP contribution in [0.4, 0.5) is 5.69 Å². The van der Waals surface area contributed by atoms with Gasteiger partial charge in [-0.3, -0.25) is 0 Å². The van der Waals surface area contributed by atoms with Crippen LogP contribution in [0.15, 0.2) is 77.2 Å². The zero-order valence-electron chi connectivity index (χ0n) is 16.4. The van der Waals surface area contributed by atoms with E-state index in [2.05, 4.69) is 68.6 Å². The summed E-state index contributed by atoms with van der Waals surface area (Å²) in [6.07, 6.45) is 0. The fourth-order valence-corrected chi connectivity index (χ4v) is 7.39. The molecule has 0 bridgehead atoms. The van der Waals surface area contributed by atoms with Crippen molar-refractivity contribution in [2.75, 3.05) is 0 Å². The van der Waals surface area contributed by atoms with E-state index in [1.54, 1.807) is 0 Å². The van der Waals surface area contributed by atoms with E-state index in [1.165, 1.54) is 0 Å². The van der Waals surface area contributed by atoms with Crippen LogP contribution in [0.25, 0.3) is 0 Å². The molecular weight excluding hydrogens is 604 g/mol. The third kappa shape index (κ3) is 5.40. The number of aryl methyl sites for hydroxylation is 1. The van der Waals surface area contributed by atoms with Crippen LogP contribution in [0.5, 0.6) is 5.75 Å². The second-order valence-electron chi connectivity index (χ2n) is 7.35. The molecule has 0 aliphatic carbocycles. The second kappa shape index (κ2) is 9.74. The van der Waals surface area contributed by atoms with Crippen LogP contribution < -0.4 is 10.0 Å². The third-order valence-electron chi connectivity index (χ3n) is 4.16. The van der Waals surface area contributed by atoms with Crippen molar-refractivity contribution in [3.63, 3.8) is 0 Å². The Bertz CT molecular complexity index is 1060. The lowest BCUT2D eigenvalue weighted by molar-refractivity contribution is 0.525. The van der Waals surface area contributed by atoms with Gasteiger partial charge in [0.15, 0.2) is 5.50 Å². The molecular formula is C21H22Br3ClNO2P. The van der Waals surface area contributed by atoms with Crippen molar-refractivity contribution in [1.82, 2.24) is 0 Å². The number of hydrogen-bond acceptors (Lipinski definition) is 3. The van der Waals surface area contributed by atoms with Crippen molar-refractivity contribution in [2.45, 2.75) is 32.9 Å². The highest BCUT2D eigenvalue weighted by Gasteiger charge is 2.42. The Morgan fingerprint density at radius 3 is 2.17 bits per heavy atom. The standard InChI is InChI=1S/C21H21Br3NO2P.ClH/c1-14-9-12-20(26-14)28(21(2,3)4,25-18-8-6-5-7-16(18)23)27-19-11-10-15(22)13-17(19)24;/h5-13H,1-4H3;1H. The molecule has 1 heterocycles. The summed E-state index contributed by atoms with van der Waals surface area (Å²) in [7, 11) is -2.64. The van der Waals surface area contributed by atoms with Gasteiger partial charge >= 0.3 is 0 Å². The molecule has 0 radical (unpaired) electrons. The van der Waals surface area contributed by atoms with Crippen molar-refractivity contribution in [2.24, 2.45) is 4.74 Å². The molecule has 8 heteroatoms. The minimum Gasteiger partial charge on any atom is -0.457 e. The molecule has 0 aliphatic rings. The first-order valence-electron chi connectivity index (χ1n) is 8.71. The molecule has 0 fully saturated rings. The number of nitrogens with zero attached hydrogens (tertiary/aromatic N) is 1. The number of furan rings is 1. The molecule has 1 atom stereocenters. The first kappa shape index (κ1) is 24.7. The van der Waals surface area contributed by atoms with Crippen molar-refractivity contribution in [3.8, 4) is 5.75 Å². The number of hydrogen-bond donors (Lipinski definition) is 0. The SMILES string of the molecule is Cc1ccc(P(=Nc2ccccc2Br)(Oc2ccc(Br)cc2Br)C(C)(C)C)o1.Cl. The Labute approximate surface area is 203 Å². The van der Waals surface area contributed by atoms with Crippen LogP contribution >= 0.6 is 67.5 Å². The fourth-order valence-electron chi connectivity index (χ4n) is 2.69. The second-order valence-corrected chi connectivity index (χ2v) is 13.3. The van der Waals surface area contributed by atoms with Crippen molar-refractivity contribution in [3.05, 3.63) is 73.8 Å². The Morgan fingerprint density at radius 2 is 1.62 bits per heavy atom. The lowest BCUT2D eigenvalue weighted by atomic mass is 10.3. The average molecular weight is 627 g/mol. The summed E-state index contributed by atoms with van der Waals surface area (Å²) in [5.74, 6) is 1.57. The molecule has 156 valence electrons. The van der Waals surface area contributed by atoms with Gasteiger partial charge in [-0.25, -0.2) is 4.74 Å². The summed E-state index contributed by atoms with van der Waals surface area (Å²) in [5.41, 5.74) is 1.61. The smallest absolute Gasteiger partial charge is 0.207 e. The Balaban J connectivity index is 0.00000300. The van der Waals surface area contributed by atoms with Crippen molar-refractivity contribution in [1.29, 1.82) is 0 Å². The largest absolute Gasteiger partial charge is 0.457 e. The highest BCUT2D eigenvalue weighted by atomic mass is 79.9. The molecule has 3 nitrogen and oxygen atoms in total. The monoisotopic (exact) mass is 623 g/mol. The normalized spacial score (nSPS) is 13.3. The Hall–Kier alpha value is -0.520. The van der Waals surface area contributed by atoms with Crippen LogP contribution in [-0.2, 0) is 0 Å². The highest BCUT2D eigenvalue weighted by molar-refractivity contribution is 9.11. The maximum atomic E-state index is 6.77. The predicted molar refractivity (Wildman–Crippen MR) is 136 cm³/mol. The van der Waals surface area contributed by atoms with Gasteiger partial charge in [-0.15, -0.1) is 12.4 Å². The van der Waals surface area contributed by atoms with E-state index in [0.29, 0.717) is 0 Å². The van der Waals surface area contributed by atoms with E-state index in [4.69, 9.17) is 13.7 Å². The van der Waals surface area contributed by atoms with E-state index in [0.717, 1.165) is 36.1 Å². The molecule has 2 aromatic carbocycles. The van der Waals surface area contributed by atoms with Crippen LogP contribution in [0, 0.1) is 6.92 Å². The lowest BCUT2D eigenvalue weighted by Crippen LogP contribution is -2.26. The molecule has 0 saturated heterocycles. The van der Waals surface area contributed by atoms with Gasteiger partial charge in [0.05, 0.1) is 10.2 Å². The Morgan fingerprint density at radius 1 is 0.931 bits per heavy atom. The van der Waals surface area contributed by atoms with Gasteiger partial charge in [0.2, 0.25) is 7.28 Å². The minimum atomic E-state index is -2.64. The zero-order valence-corrected chi connectivity index (χ0v) is 22.9. The summed E-state index contributed by atoms with van der Waals surface area (Å²) < 4.78 is 20.9. The van der Waals surface area contributed by atoms with E-state index in [-0.39, 0.29) is 17.6 Å². The van der Waals surface area contributed by atoms with Crippen molar-refractivity contribution >= 4 is 78.7 Å². The summed E-state index contributed by atoms with van der Waals surface area (Å²) in [4.78, 5) is 0. The summed E-state index contributed by atoms with van der Waals surface area (Å²) in [5, 5.41) is -0.306. The molecule has 0 aliphatic heterocycles. The third-order valence-corrected chi connectivity index (χ3v) is 9.56. The predicted octanol–water partition coefficient (Wildman–Crippen LogP) is 9.25. The molecule has 0 saturated carbocycles. The van der Waals surface area contributed by atoms with Gasteiger partial charge in [0.25, 0.3) is 0 Å². The molecule has 1 aromatic heterocycles. The molecule has 29 heavy (non-hydrogen) atoms. The van der Waals surface area contributed by atoms with Gasteiger partial charge in [0, 0.05) is 14.1 Å². The maximum Gasteiger partial charge on any atom is 0.207 e. The fraction of sp³-hybridized carbons (Fsp3) is 0.238. The van der Waals surface area contributed by atoms with Gasteiger partial charge in [-0.2, -0.15) is 0 Å². The van der Waals surface area contributed by atoms with Crippen LogP contribution in [-0.4, -0.2) is 5.16 Å². The van der Waals surface area contributed by atoms with Crippen molar-refractivity contribution < 1.29 is 8.94 Å². The highest BCUT2D eigenvalue weighted by Crippen LogP contribution is 2.63. The van der Waals surface area contributed by atoms with E-state index < -0.39 is 7.28 Å². The van der Waals surface area contributed by atoms with Gasteiger partial charge in [-0.05, 0) is 81.2 Å². The number of rotatable bonds is 4. The zero-order chi connectivity index (χ0) is 20.5. The first-order valence-corrected chi connectivity index (χ1v) is 12.7. The van der Waals surface area contributed by atoms with E-state index >= 15 is 0 Å². The minimum absolute atomic E-state index is 0.